The first-order valence-electron chi connectivity index (χ1n) is 8.26. The number of likely N-dealkylation sites (tertiary alicyclic amines) is 1. The average molecular weight is 283 g/mol. The number of aliphatic hydroxyl groups excluding tert-OH is 1. The third-order valence-electron chi connectivity index (χ3n) is 5.71. The van der Waals surface area contributed by atoms with Gasteiger partial charge in [0.2, 0.25) is 0 Å². The Morgan fingerprint density at radius 2 is 1.80 bits per heavy atom. The van der Waals surface area contributed by atoms with Crippen LogP contribution in [0.1, 0.15) is 67.2 Å². The van der Waals surface area contributed by atoms with E-state index in [2.05, 4.69) is 46.4 Å². The standard InChI is InChI=1S/C17H33NO2/c1-7-17(6,18-10-8-9-11-18)14(19)13-12-15(2,3)20-16(13,4)5/h13-14,19H,7-12H2,1-6H3. The molecule has 0 radical (unpaired) electrons. The van der Waals surface area contributed by atoms with Crippen molar-refractivity contribution in [3.8, 4) is 0 Å². The Bertz CT molecular complexity index is 347. The van der Waals surface area contributed by atoms with Crippen LogP contribution in [0.15, 0.2) is 0 Å². The largest absolute Gasteiger partial charge is 0.391 e. The Labute approximate surface area is 124 Å². The van der Waals surface area contributed by atoms with Crippen molar-refractivity contribution >= 4 is 0 Å². The van der Waals surface area contributed by atoms with Gasteiger partial charge in [-0.3, -0.25) is 4.90 Å². The summed E-state index contributed by atoms with van der Waals surface area (Å²) in [6, 6.07) is 0. The van der Waals surface area contributed by atoms with Crippen LogP contribution in [0.4, 0.5) is 0 Å². The smallest absolute Gasteiger partial charge is 0.0777 e. The fourth-order valence-electron chi connectivity index (χ4n) is 4.38. The zero-order valence-corrected chi connectivity index (χ0v) is 14.2. The van der Waals surface area contributed by atoms with Gasteiger partial charge in [-0.15, -0.1) is 0 Å². The van der Waals surface area contributed by atoms with Gasteiger partial charge in [-0.1, -0.05) is 6.92 Å². The molecule has 2 rings (SSSR count). The minimum atomic E-state index is -0.331. The third kappa shape index (κ3) is 2.77. The van der Waals surface area contributed by atoms with Crippen LogP contribution >= 0.6 is 0 Å². The molecule has 0 aromatic carbocycles. The van der Waals surface area contributed by atoms with Crippen molar-refractivity contribution in [2.45, 2.75) is 90.1 Å². The molecule has 118 valence electrons. The lowest BCUT2D eigenvalue weighted by Gasteiger charge is -2.46. The number of nitrogens with zero attached hydrogens (tertiary/aromatic N) is 1. The van der Waals surface area contributed by atoms with E-state index >= 15 is 0 Å². The van der Waals surface area contributed by atoms with Crippen molar-refractivity contribution in [2.24, 2.45) is 5.92 Å². The van der Waals surface area contributed by atoms with Crippen molar-refractivity contribution in [3.05, 3.63) is 0 Å². The number of ether oxygens (including phenoxy) is 1. The molecule has 20 heavy (non-hydrogen) atoms. The summed E-state index contributed by atoms with van der Waals surface area (Å²) in [5.74, 6) is 0.197. The van der Waals surface area contributed by atoms with E-state index in [4.69, 9.17) is 4.74 Å². The Balaban J connectivity index is 2.22. The highest BCUT2D eigenvalue weighted by molar-refractivity contribution is 5.05. The molecule has 3 nitrogen and oxygen atoms in total. The normalized spacial score (nSPS) is 34.0. The number of aliphatic hydroxyl groups is 1. The maximum absolute atomic E-state index is 11.2. The lowest BCUT2D eigenvalue weighted by molar-refractivity contribution is -0.112. The molecule has 2 fully saturated rings. The molecule has 0 spiro atoms. The zero-order chi connectivity index (χ0) is 15.2. The summed E-state index contributed by atoms with van der Waals surface area (Å²) in [6.45, 7) is 15.2. The Morgan fingerprint density at radius 1 is 1.25 bits per heavy atom. The van der Waals surface area contributed by atoms with Crippen LogP contribution in [-0.2, 0) is 4.74 Å². The molecule has 0 aromatic rings. The maximum atomic E-state index is 11.2. The van der Waals surface area contributed by atoms with E-state index in [1.54, 1.807) is 0 Å². The minimum Gasteiger partial charge on any atom is -0.391 e. The molecule has 0 bridgehead atoms. The predicted octanol–water partition coefficient (Wildman–Crippen LogP) is 3.21. The van der Waals surface area contributed by atoms with Gasteiger partial charge in [-0.05, 0) is 73.4 Å². The fourth-order valence-corrected chi connectivity index (χ4v) is 4.38. The summed E-state index contributed by atoms with van der Waals surface area (Å²) < 4.78 is 6.19. The lowest BCUT2D eigenvalue weighted by Crippen LogP contribution is -2.58. The van der Waals surface area contributed by atoms with Gasteiger partial charge in [0, 0.05) is 11.5 Å². The molecule has 0 amide bonds. The molecule has 0 aromatic heterocycles. The predicted molar refractivity (Wildman–Crippen MR) is 82.9 cm³/mol. The van der Waals surface area contributed by atoms with Crippen LogP contribution in [0.5, 0.6) is 0 Å². The summed E-state index contributed by atoms with van der Waals surface area (Å²) in [5.41, 5.74) is -0.504. The van der Waals surface area contributed by atoms with Crippen LogP contribution in [0.2, 0.25) is 0 Å². The quantitative estimate of drug-likeness (QED) is 0.860. The lowest BCUT2D eigenvalue weighted by atomic mass is 9.74. The first-order chi connectivity index (χ1) is 9.12. The Morgan fingerprint density at radius 3 is 2.20 bits per heavy atom. The highest BCUT2D eigenvalue weighted by Crippen LogP contribution is 2.47. The first-order valence-corrected chi connectivity index (χ1v) is 8.26. The monoisotopic (exact) mass is 283 g/mol. The van der Waals surface area contributed by atoms with E-state index in [9.17, 15) is 5.11 Å². The van der Waals surface area contributed by atoms with Crippen LogP contribution in [0.25, 0.3) is 0 Å². The molecule has 2 saturated heterocycles. The number of rotatable bonds is 4. The van der Waals surface area contributed by atoms with Crippen molar-refractivity contribution in [2.75, 3.05) is 13.1 Å². The van der Waals surface area contributed by atoms with Crippen molar-refractivity contribution in [3.63, 3.8) is 0 Å². The highest BCUT2D eigenvalue weighted by Gasteiger charge is 2.54. The van der Waals surface area contributed by atoms with Crippen LogP contribution in [0.3, 0.4) is 0 Å². The van der Waals surface area contributed by atoms with E-state index in [1.165, 1.54) is 12.8 Å². The van der Waals surface area contributed by atoms with E-state index in [-0.39, 0.29) is 28.8 Å². The first kappa shape index (κ1) is 16.3. The molecule has 0 aliphatic carbocycles. The van der Waals surface area contributed by atoms with Crippen LogP contribution < -0.4 is 0 Å². The summed E-state index contributed by atoms with van der Waals surface area (Å²) in [5, 5.41) is 11.2. The summed E-state index contributed by atoms with van der Waals surface area (Å²) in [4.78, 5) is 2.50. The molecule has 2 aliphatic heterocycles. The highest BCUT2D eigenvalue weighted by atomic mass is 16.5. The number of hydrogen-bond donors (Lipinski definition) is 1. The SMILES string of the molecule is CCC(C)(C(O)C1CC(C)(C)OC1(C)C)N1CCCC1. The second kappa shape index (κ2) is 5.26. The van der Waals surface area contributed by atoms with Crippen molar-refractivity contribution in [1.82, 2.24) is 4.90 Å². The molecule has 2 heterocycles. The molecule has 3 unspecified atom stereocenters. The second-order valence-electron chi connectivity index (χ2n) is 8.13. The minimum absolute atomic E-state index is 0.123. The van der Waals surface area contributed by atoms with Crippen molar-refractivity contribution < 1.29 is 9.84 Å². The molecule has 3 atom stereocenters. The molecule has 3 heteroatoms. The van der Waals surface area contributed by atoms with Crippen molar-refractivity contribution in [1.29, 1.82) is 0 Å². The van der Waals surface area contributed by atoms with Gasteiger partial charge in [-0.25, -0.2) is 0 Å². The van der Waals surface area contributed by atoms with Gasteiger partial charge in [0.15, 0.2) is 0 Å². The Kier molecular flexibility index (Phi) is 4.27. The fraction of sp³-hybridized carbons (Fsp3) is 1.00. The van der Waals surface area contributed by atoms with Gasteiger partial charge in [0.25, 0.3) is 0 Å². The molecule has 2 aliphatic rings. The van der Waals surface area contributed by atoms with Gasteiger partial charge in [0.05, 0.1) is 17.3 Å². The van der Waals surface area contributed by atoms with Gasteiger partial charge < -0.3 is 9.84 Å². The molecule has 1 N–H and O–H groups in total. The summed E-state index contributed by atoms with van der Waals surface area (Å²) >= 11 is 0. The van der Waals surface area contributed by atoms with E-state index < -0.39 is 0 Å². The summed E-state index contributed by atoms with van der Waals surface area (Å²) in [7, 11) is 0. The van der Waals surface area contributed by atoms with Gasteiger partial charge in [-0.2, -0.15) is 0 Å². The molecule has 0 saturated carbocycles. The van der Waals surface area contributed by atoms with E-state index in [0.29, 0.717) is 0 Å². The number of hydrogen-bond acceptors (Lipinski definition) is 3. The third-order valence-corrected chi connectivity index (χ3v) is 5.71. The zero-order valence-electron chi connectivity index (χ0n) is 14.2. The van der Waals surface area contributed by atoms with Crippen LogP contribution in [-0.4, -0.2) is 45.9 Å². The summed E-state index contributed by atoms with van der Waals surface area (Å²) in [6.07, 6.45) is 4.12. The van der Waals surface area contributed by atoms with E-state index in [0.717, 1.165) is 25.9 Å². The van der Waals surface area contributed by atoms with E-state index in [1.807, 2.05) is 0 Å². The van der Waals surface area contributed by atoms with Gasteiger partial charge >= 0.3 is 0 Å². The maximum Gasteiger partial charge on any atom is 0.0777 e. The van der Waals surface area contributed by atoms with Gasteiger partial charge in [0.1, 0.15) is 0 Å². The Hall–Kier alpha value is -0.120. The average Bonchev–Trinajstić information content (AvgIpc) is 2.93. The van der Waals surface area contributed by atoms with Crippen LogP contribution in [0, 0.1) is 5.92 Å². The topological polar surface area (TPSA) is 32.7 Å². The molecular formula is C17H33NO2. The second-order valence-corrected chi connectivity index (χ2v) is 8.13. The molecular weight excluding hydrogens is 250 g/mol.